The fourth-order valence-corrected chi connectivity index (χ4v) is 4.44. The van der Waals surface area contributed by atoms with E-state index in [9.17, 15) is 0 Å². The van der Waals surface area contributed by atoms with E-state index in [1.54, 1.807) is 6.07 Å². The van der Waals surface area contributed by atoms with Gasteiger partial charge in [-0.3, -0.25) is 0 Å². The largest absolute Gasteiger partial charge is 0.320 e. The summed E-state index contributed by atoms with van der Waals surface area (Å²) in [4.78, 5) is 2.70. The average molecular weight is 326 g/mol. The first-order chi connectivity index (χ1) is 9.65. The molecule has 4 heteroatoms. The summed E-state index contributed by atoms with van der Waals surface area (Å²) in [6.45, 7) is 0. The highest BCUT2D eigenvalue weighted by molar-refractivity contribution is 7.12. The van der Waals surface area contributed by atoms with Crippen molar-refractivity contribution in [3.05, 3.63) is 55.2 Å². The van der Waals surface area contributed by atoms with Crippen molar-refractivity contribution >= 4 is 34.5 Å². The molecule has 0 saturated carbocycles. The lowest BCUT2D eigenvalue weighted by molar-refractivity contribution is 0.712. The summed E-state index contributed by atoms with van der Waals surface area (Å²) in [6.07, 6.45) is 6.29. The van der Waals surface area contributed by atoms with Gasteiger partial charge in [-0.05, 0) is 61.1 Å². The second-order valence-electron chi connectivity index (χ2n) is 5.30. The van der Waals surface area contributed by atoms with Gasteiger partial charge in [-0.2, -0.15) is 0 Å². The van der Waals surface area contributed by atoms with Gasteiger partial charge in [0, 0.05) is 19.8 Å². The Balaban J connectivity index is 1.94. The normalized spacial score (nSPS) is 16.6. The molecule has 106 valence electrons. The highest BCUT2D eigenvalue weighted by atomic mass is 35.5. The third-order valence-electron chi connectivity index (χ3n) is 3.87. The standard InChI is InChI=1S/C16H17Cl2NS/c17-11-6-7-13(18)12(9-11)16(19)15-8-10-4-2-1-3-5-14(10)20-15/h6-9,16H,1-5,19H2. The van der Waals surface area contributed by atoms with Crippen LogP contribution in [0.3, 0.4) is 0 Å². The Bertz CT molecular complexity index is 597. The molecule has 0 aliphatic heterocycles. The minimum absolute atomic E-state index is 0.182. The molecule has 2 N–H and O–H groups in total. The van der Waals surface area contributed by atoms with Crippen LogP contribution in [0.5, 0.6) is 0 Å². The highest BCUT2D eigenvalue weighted by Crippen LogP contribution is 2.36. The molecule has 1 atom stereocenters. The predicted molar refractivity (Wildman–Crippen MR) is 88.1 cm³/mol. The van der Waals surface area contributed by atoms with Crippen LogP contribution in [0.4, 0.5) is 0 Å². The minimum atomic E-state index is -0.182. The smallest absolute Gasteiger partial charge is 0.0661 e. The summed E-state index contributed by atoms with van der Waals surface area (Å²) < 4.78 is 0. The lowest BCUT2D eigenvalue weighted by atomic mass is 10.0. The molecule has 1 nitrogen and oxygen atoms in total. The summed E-state index contributed by atoms with van der Waals surface area (Å²) in [6, 6.07) is 7.58. The molecule has 2 aromatic rings. The van der Waals surface area contributed by atoms with Crippen LogP contribution in [0.2, 0.25) is 10.0 Å². The second kappa shape index (κ2) is 6.07. The third-order valence-corrected chi connectivity index (χ3v) is 5.76. The second-order valence-corrected chi connectivity index (χ2v) is 7.31. The van der Waals surface area contributed by atoms with E-state index in [2.05, 4.69) is 6.07 Å². The molecule has 1 aromatic heterocycles. The van der Waals surface area contributed by atoms with Crippen LogP contribution in [-0.4, -0.2) is 0 Å². The average Bonchev–Trinajstić information content (AvgIpc) is 2.72. The van der Waals surface area contributed by atoms with Crippen molar-refractivity contribution in [2.75, 3.05) is 0 Å². The number of fused-ring (bicyclic) bond motifs is 1. The quantitative estimate of drug-likeness (QED) is 0.738. The predicted octanol–water partition coefficient (Wildman–Crippen LogP) is 5.37. The monoisotopic (exact) mass is 325 g/mol. The molecule has 0 radical (unpaired) electrons. The lowest BCUT2D eigenvalue weighted by Crippen LogP contribution is -2.10. The van der Waals surface area contributed by atoms with E-state index >= 15 is 0 Å². The maximum Gasteiger partial charge on any atom is 0.0661 e. The van der Waals surface area contributed by atoms with Crippen LogP contribution < -0.4 is 5.73 Å². The maximum atomic E-state index is 6.40. The van der Waals surface area contributed by atoms with Crippen LogP contribution in [0.25, 0.3) is 0 Å². The first-order valence-electron chi connectivity index (χ1n) is 6.97. The van der Waals surface area contributed by atoms with E-state index < -0.39 is 0 Å². The van der Waals surface area contributed by atoms with Gasteiger partial charge in [0.1, 0.15) is 0 Å². The molecule has 1 heterocycles. The molecule has 0 bridgehead atoms. The topological polar surface area (TPSA) is 26.0 Å². The molecule has 1 aliphatic rings. The van der Waals surface area contributed by atoms with Crippen molar-refractivity contribution in [1.29, 1.82) is 0 Å². The lowest BCUT2D eigenvalue weighted by Gasteiger charge is -2.12. The maximum absolute atomic E-state index is 6.40. The number of hydrogen-bond acceptors (Lipinski definition) is 2. The first-order valence-corrected chi connectivity index (χ1v) is 8.54. The summed E-state index contributed by atoms with van der Waals surface area (Å²) in [5.74, 6) is 0. The van der Waals surface area contributed by atoms with Crippen molar-refractivity contribution < 1.29 is 0 Å². The zero-order valence-electron chi connectivity index (χ0n) is 11.2. The number of thiophene rings is 1. The van der Waals surface area contributed by atoms with Crippen molar-refractivity contribution in [1.82, 2.24) is 0 Å². The highest BCUT2D eigenvalue weighted by Gasteiger charge is 2.19. The summed E-state index contributed by atoms with van der Waals surface area (Å²) in [7, 11) is 0. The zero-order chi connectivity index (χ0) is 14.1. The van der Waals surface area contributed by atoms with E-state index in [0.29, 0.717) is 10.0 Å². The Morgan fingerprint density at radius 3 is 2.70 bits per heavy atom. The van der Waals surface area contributed by atoms with Crippen LogP contribution in [0.1, 0.15) is 46.2 Å². The van der Waals surface area contributed by atoms with Crippen molar-refractivity contribution in [3.63, 3.8) is 0 Å². The van der Waals surface area contributed by atoms with Gasteiger partial charge in [0.25, 0.3) is 0 Å². The van der Waals surface area contributed by atoms with Gasteiger partial charge in [0.05, 0.1) is 6.04 Å². The Kier molecular flexibility index (Phi) is 4.37. The Labute approximate surface area is 133 Å². The molecule has 0 fully saturated rings. The molecule has 3 rings (SSSR count). The molecule has 1 aromatic carbocycles. The summed E-state index contributed by atoms with van der Waals surface area (Å²) in [5, 5.41) is 1.36. The van der Waals surface area contributed by atoms with E-state index in [-0.39, 0.29) is 6.04 Å². The van der Waals surface area contributed by atoms with Crippen molar-refractivity contribution in [3.8, 4) is 0 Å². The number of nitrogens with two attached hydrogens (primary N) is 1. The minimum Gasteiger partial charge on any atom is -0.320 e. The Morgan fingerprint density at radius 2 is 1.85 bits per heavy atom. The number of rotatable bonds is 2. The fourth-order valence-electron chi connectivity index (χ4n) is 2.75. The Morgan fingerprint density at radius 1 is 1.05 bits per heavy atom. The fraction of sp³-hybridized carbons (Fsp3) is 0.375. The third kappa shape index (κ3) is 2.89. The van der Waals surface area contributed by atoms with Gasteiger partial charge in [-0.15, -0.1) is 11.3 Å². The van der Waals surface area contributed by atoms with Crippen LogP contribution in [-0.2, 0) is 12.8 Å². The zero-order valence-corrected chi connectivity index (χ0v) is 13.5. The van der Waals surface area contributed by atoms with Gasteiger partial charge in [0.15, 0.2) is 0 Å². The Hall–Kier alpha value is -0.540. The van der Waals surface area contributed by atoms with E-state index in [1.807, 2.05) is 23.5 Å². The summed E-state index contributed by atoms with van der Waals surface area (Å²) in [5.41, 5.74) is 8.80. The van der Waals surface area contributed by atoms with Gasteiger partial charge < -0.3 is 5.73 Å². The van der Waals surface area contributed by atoms with Gasteiger partial charge in [-0.1, -0.05) is 29.6 Å². The first kappa shape index (κ1) is 14.4. The van der Waals surface area contributed by atoms with Crippen LogP contribution in [0.15, 0.2) is 24.3 Å². The van der Waals surface area contributed by atoms with E-state index in [4.69, 9.17) is 28.9 Å². The molecule has 0 saturated heterocycles. The molecular formula is C16H17Cl2NS. The summed E-state index contributed by atoms with van der Waals surface area (Å²) >= 11 is 14.2. The van der Waals surface area contributed by atoms with Crippen molar-refractivity contribution in [2.45, 2.75) is 38.1 Å². The van der Waals surface area contributed by atoms with E-state index in [1.165, 1.54) is 47.4 Å². The van der Waals surface area contributed by atoms with Crippen LogP contribution in [0, 0.1) is 0 Å². The molecule has 1 aliphatic carbocycles. The van der Waals surface area contributed by atoms with Gasteiger partial charge in [-0.25, -0.2) is 0 Å². The van der Waals surface area contributed by atoms with Crippen molar-refractivity contribution in [2.24, 2.45) is 5.73 Å². The molecule has 0 amide bonds. The molecular weight excluding hydrogens is 309 g/mol. The van der Waals surface area contributed by atoms with Gasteiger partial charge >= 0.3 is 0 Å². The van der Waals surface area contributed by atoms with Gasteiger partial charge in [0.2, 0.25) is 0 Å². The number of halogens is 2. The SMILES string of the molecule is NC(c1cc2c(s1)CCCCC2)c1cc(Cl)ccc1Cl. The van der Waals surface area contributed by atoms with Crippen LogP contribution >= 0.6 is 34.5 Å². The number of hydrogen-bond donors (Lipinski definition) is 1. The molecule has 1 unspecified atom stereocenters. The molecule has 0 spiro atoms. The molecule has 20 heavy (non-hydrogen) atoms. The number of benzene rings is 1. The van der Waals surface area contributed by atoms with E-state index in [0.717, 1.165) is 5.56 Å². The number of aryl methyl sites for hydroxylation is 2.